The van der Waals surface area contributed by atoms with Crippen LogP contribution >= 0.6 is 0 Å². The summed E-state index contributed by atoms with van der Waals surface area (Å²) >= 11 is 0. The first-order chi connectivity index (χ1) is 10.9. The zero-order valence-corrected chi connectivity index (χ0v) is 12.4. The van der Waals surface area contributed by atoms with E-state index in [1.165, 1.54) is 49.5 Å². The molecule has 2 rings (SSSR count). The molecule has 2 atom stereocenters. The van der Waals surface area contributed by atoms with Gasteiger partial charge in [0.05, 0.1) is 5.92 Å². The molecule has 6 nitrogen and oxygen atoms in total. The van der Waals surface area contributed by atoms with Gasteiger partial charge in [0.1, 0.15) is 5.82 Å². The van der Waals surface area contributed by atoms with Gasteiger partial charge < -0.3 is 5.21 Å². The van der Waals surface area contributed by atoms with Crippen LogP contribution in [0.3, 0.4) is 0 Å². The second kappa shape index (κ2) is 6.95. The summed E-state index contributed by atoms with van der Waals surface area (Å²) in [5.74, 6) is -1.71. The van der Waals surface area contributed by atoms with Gasteiger partial charge >= 0.3 is 0 Å². The molecule has 0 spiro atoms. The van der Waals surface area contributed by atoms with E-state index in [2.05, 4.69) is 0 Å². The molecule has 0 bridgehead atoms. The van der Waals surface area contributed by atoms with Crippen LogP contribution in [-0.4, -0.2) is 16.7 Å². The first kappa shape index (κ1) is 16.5. The SMILES string of the molecule is C[C@H]([C@H](CC(=O)c1cccc[n+]1[O-])c1ccc(F)cc1)[N+](=O)[O-]. The highest BCUT2D eigenvalue weighted by Crippen LogP contribution is 2.27. The van der Waals surface area contributed by atoms with Crippen LogP contribution in [0.25, 0.3) is 0 Å². The predicted octanol–water partition coefficient (Wildman–Crippen LogP) is 2.48. The number of carbonyl (C=O) groups excluding carboxylic acids is 1. The molecule has 1 heterocycles. The van der Waals surface area contributed by atoms with Crippen LogP contribution in [0.5, 0.6) is 0 Å². The summed E-state index contributed by atoms with van der Waals surface area (Å²) in [5, 5.41) is 22.8. The lowest BCUT2D eigenvalue weighted by Crippen LogP contribution is -2.35. The number of halogens is 1. The Morgan fingerprint density at radius 2 is 1.91 bits per heavy atom. The smallest absolute Gasteiger partial charge is 0.259 e. The molecule has 23 heavy (non-hydrogen) atoms. The van der Waals surface area contributed by atoms with Crippen molar-refractivity contribution in [2.24, 2.45) is 0 Å². The highest BCUT2D eigenvalue weighted by molar-refractivity contribution is 5.93. The van der Waals surface area contributed by atoms with Crippen molar-refractivity contribution in [3.05, 3.63) is 81.1 Å². The number of nitrogens with zero attached hydrogens (tertiary/aromatic N) is 2. The fraction of sp³-hybridized carbons (Fsp3) is 0.250. The average molecular weight is 318 g/mol. The highest BCUT2D eigenvalue weighted by Gasteiger charge is 2.32. The van der Waals surface area contributed by atoms with Crippen molar-refractivity contribution in [1.82, 2.24) is 0 Å². The maximum atomic E-state index is 13.0. The van der Waals surface area contributed by atoms with E-state index < -0.39 is 28.5 Å². The van der Waals surface area contributed by atoms with Crippen molar-refractivity contribution in [2.75, 3.05) is 0 Å². The lowest BCUT2D eigenvalue weighted by atomic mass is 9.87. The molecule has 0 amide bonds. The Hall–Kier alpha value is -2.83. The van der Waals surface area contributed by atoms with Crippen LogP contribution in [-0.2, 0) is 0 Å². The molecule has 1 aromatic heterocycles. The molecule has 0 saturated carbocycles. The molecule has 0 saturated heterocycles. The summed E-state index contributed by atoms with van der Waals surface area (Å²) in [6.07, 6.45) is 0.983. The number of hydrogen-bond acceptors (Lipinski definition) is 4. The second-order valence-corrected chi connectivity index (χ2v) is 5.22. The van der Waals surface area contributed by atoms with E-state index in [-0.39, 0.29) is 12.1 Å². The fourth-order valence-electron chi connectivity index (χ4n) is 2.37. The van der Waals surface area contributed by atoms with Gasteiger partial charge in [0.15, 0.2) is 6.20 Å². The van der Waals surface area contributed by atoms with E-state index in [1.54, 1.807) is 6.07 Å². The molecule has 0 radical (unpaired) electrons. The predicted molar refractivity (Wildman–Crippen MR) is 79.9 cm³/mol. The quantitative estimate of drug-likeness (QED) is 0.269. The summed E-state index contributed by atoms with van der Waals surface area (Å²) in [7, 11) is 0. The third-order valence-corrected chi connectivity index (χ3v) is 3.73. The van der Waals surface area contributed by atoms with Crippen LogP contribution in [0, 0.1) is 21.1 Å². The maximum absolute atomic E-state index is 13.0. The van der Waals surface area contributed by atoms with Gasteiger partial charge in [-0.25, -0.2) is 4.39 Å². The molecular weight excluding hydrogens is 303 g/mol. The normalized spacial score (nSPS) is 13.3. The highest BCUT2D eigenvalue weighted by atomic mass is 19.1. The molecule has 7 heteroatoms. The first-order valence-electron chi connectivity index (χ1n) is 7.00. The molecule has 0 aliphatic carbocycles. The minimum atomic E-state index is -1.05. The van der Waals surface area contributed by atoms with Gasteiger partial charge in [-0.1, -0.05) is 12.1 Å². The van der Waals surface area contributed by atoms with Gasteiger partial charge in [-0.3, -0.25) is 14.9 Å². The van der Waals surface area contributed by atoms with Gasteiger partial charge in [0.2, 0.25) is 11.8 Å². The van der Waals surface area contributed by atoms with Crippen LogP contribution in [0.4, 0.5) is 4.39 Å². The van der Waals surface area contributed by atoms with Crippen LogP contribution < -0.4 is 4.73 Å². The Morgan fingerprint density at radius 1 is 1.26 bits per heavy atom. The third kappa shape index (κ3) is 3.88. The summed E-state index contributed by atoms with van der Waals surface area (Å²) < 4.78 is 13.5. The molecular formula is C16H15FN2O4. The van der Waals surface area contributed by atoms with E-state index in [0.29, 0.717) is 10.3 Å². The van der Waals surface area contributed by atoms with Crippen molar-refractivity contribution in [1.29, 1.82) is 0 Å². The summed E-state index contributed by atoms with van der Waals surface area (Å²) in [4.78, 5) is 23.0. The number of carbonyl (C=O) groups is 1. The Balaban J connectivity index is 2.31. The molecule has 2 aromatic rings. The Bertz CT molecular complexity index is 718. The van der Waals surface area contributed by atoms with Crippen LogP contribution in [0.2, 0.25) is 0 Å². The minimum absolute atomic E-state index is 0.0739. The number of rotatable bonds is 6. The molecule has 120 valence electrons. The number of ketones is 1. The zero-order valence-electron chi connectivity index (χ0n) is 12.4. The van der Waals surface area contributed by atoms with E-state index in [1.807, 2.05) is 0 Å². The van der Waals surface area contributed by atoms with E-state index in [0.717, 1.165) is 0 Å². The number of hydrogen-bond donors (Lipinski definition) is 0. The number of pyridine rings is 1. The monoisotopic (exact) mass is 318 g/mol. The lowest BCUT2D eigenvalue weighted by Gasteiger charge is -2.17. The number of Topliss-reactive ketones (excluding diaryl/α,β-unsaturated/α-hetero) is 1. The van der Waals surface area contributed by atoms with Crippen LogP contribution in [0.1, 0.15) is 35.3 Å². The van der Waals surface area contributed by atoms with Crippen molar-refractivity contribution >= 4 is 5.78 Å². The molecule has 0 unspecified atom stereocenters. The summed E-state index contributed by atoms with van der Waals surface area (Å²) in [5.41, 5.74) is 0.410. The van der Waals surface area contributed by atoms with E-state index >= 15 is 0 Å². The van der Waals surface area contributed by atoms with Crippen molar-refractivity contribution in [3.8, 4) is 0 Å². The van der Waals surface area contributed by atoms with E-state index in [9.17, 15) is 24.5 Å². The van der Waals surface area contributed by atoms with Gasteiger partial charge in [0.25, 0.3) is 5.69 Å². The fourth-order valence-corrected chi connectivity index (χ4v) is 2.37. The van der Waals surface area contributed by atoms with Gasteiger partial charge in [-0.15, -0.1) is 0 Å². The maximum Gasteiger partial charge on any atom is 0.259 e. The Morgan fingerprint density at radius 3 is 2.48 bits per heavy atom. The summed E-state index contributed by atoms with van der Waals surface area (Å²) in [6.45, 7) is 1.39. The molecule has 0 N–H and O–H groups in total. The zero-order chi connectivity index (χ0) is 17.0. The van der Waals surface area contributed by atoms with E-state index in [4.69, 9.17) is 0 Å². The largest absolute Gasteiger partial charge is 0.618 e. The van der Waals surface area contributed by atoms with Crippen molar-refractivity contribution in [3.63, 3.8) is 0 Å². The lowest BCUT2D eigenvalue weighted by molar-refractivity contribution is -0.607. The second-order valence-electron chi connectivity index (χ2n) is 5.22. The Labute approximate surface area is 131 Å². The van der Waals surface area contributed by atoms with Gasteiger partial charge in [-0.2, -0.15) is 4.73 Å². The minimum Gasteiger partial charge on any atom is -0.618 e. The number of aromatic nitrogens is 1. The number of benzene rings is 1. The molecule has 0 fully saturated rings. The standard InChI is InChI=1S/C16H15FN2O4/c1-11(19(22)23)14(12-5-7-13(17)8-6-12)10-16(20)15-4-2-3-9-18(15)21/h2-9,11,14H,10H2,1H3/t11-,14+/m1/s1. The van der Waals surface area contributed by atoms with Crippen LogP contribution in [0.15, 0.2) is 48.7 Å². The third-order valence-electron chi connectivity index (χ3n) is 3.73. The number of nitro groups is 1. The van der Waals surface area contributed by atoms with Gasteiger partial charge in [-0.05, 0) is 23.8 Å². The van der Waals surface area contributed by atoms with Crippen molar-refractivity contribution < 1.29 is 18.8 Å². The Kier molecular flexibility index (Phi) is 5.00. The molecule has 0 aliphatic heterocycles. The van der Waals surface area contributed by atoms with Crippen molar-refractivity contribution in [2.45, 2.75) is 25.3 Å². The summed E-state index contributed by atoms with van der Waals surface area (Å²) in [6, 6.07) is 8.58. The molecule has 0 aliphatic rings. The van der Waals surface area contributed by atoms with Gasteiger partial charge in [0, 0.05) is 30.4 Å². The first-order valence-corrected chi connectivity index (χ1v) is 7.00. The topological polar surface area (TPSA) is 87.2 Å². The average Bonchev–Trinajstić information content (AvgIpc) is 2.53. The molecule has 1 aromatic carbocycles.